The fraction of sp³-hybridized carbons (Fsp3) is 0.458. The number of anilines is 2. The van der Waals surface area contributed by atoms with Crippen molar-refractivity contribution < 1.29 is 24.1 Å². The highest BCUT2D eigenvalue weighted by atomic mass is 16.7. The number of ether oxygens (including phenoxy) is 3. The normalized spacial score (nSPS) is 29.5. The van der Waals surface area contributed by atoms with Crippen LogP contribution in [0.2, 0.25) is 0 Å². The Kier molecular flexibility index (Phi) is 6.37. The topological polar surface area (TPSA) is 95.5 Å². The number of nitrogens with zero attached hydrogens (tertiary/aromatic N) is 2. The predicted molar refractivity (Wildman–Crippen MR) is 124 cm³/mol. The van der Waals surface area contributed by atoms with Crippen molar-refractivity contribution in [2.45, 2.75) is 30.6 Å². The molecule has 3 aliphatic rings. The standard InChI is InChI=1S/C24H30N4O5/c1-31-18-9-5-6-16(14-18)25-24(30)26-20-19-15-32-23(33-19)21(22(20)29)28-12-10-27(11-13-28)17-7-3-2-4-8-17/h2-9,14,19-23,29H,10-13,15H2,1H3,(H2,25,26,30)/t19-,20-,21+,22-,23+/m0/s1. The van der Waals surface area contributed by atoms with Gasteiger partial charge in [-0.15, -0.1) is 0 Å². The van der Waals surface area contributed by atoms with E-state index in [1.165, 1.54) is 5.69 Å². The van der Waals surface area contributed by atoms with Gasteiger partial charge in [-0.1, -0.05) is 24.3 Å². The first kappa shape index (κ1) is 22.0. The van der Waals surface area contributed by atoms with Crippen molar-refractivity contribution >= 4 is 17.4 Å². The van der Waals surface area contributed by atoms with E-state index in [0.29, 0.717) is 18.0 Å². The molecular weight excluding hydrogens is 424 g/mol. The number of methoxy groups -OCH3 is 1. The molecule has 3 heterocycles. The minimum absolute atomic E-state index is 0.340. The molecule has 0 unspecified atom stereocenters. The second-order valence-corrected chi connectivity index (χ2v) is 8.57. The molecule has 3 N–H and O–H groups in total. The number of amides is 2. The number of carbonyl (C=O) groups excluding carboxylic acids is 1. The zero-order valence-corrected chi connectivity index (χ0v) is 18.6. The quantitative estimate of drug-likeness (QED) is 0.630. The van der Waals surface area contributed by atoms with Crippen LogP contribution in [0.3, 0.4) is 0 Å². The summed E-state index contributed by atoms with van der Waals surface area (Å²) >= 11 is 0. The molecule has 2 bridgehead atoms. The van der Waals surface area contributed by atoms with E-state index in [2.05, 4.69) is 32.6 Å². The van der Waals surface area contributed by atoms with Gasteiger partial charge >= 0.3 is 6.03 Å². The molecule has 0 spiro atoms. The number of hydrogen-bond donors (Lipinski definition) is 3. The minimum atomic E-state index is -0.810. The lowest BCUT2D eigenvalue weighted by atomic mass is 9.94. The van der Waals surface area contributed by atoms with E-state index in [-0.39, 0.29) is 12.1 Å². The van der Waals surface area contributed by atoms with Gasteiger partial charge in [0.15, 0.2) is 6.29 Å². The number of benzene rings is 2. The maximum absolute atomic E-state index is 12.7. The van der Waals surface area contributed by atoms with Crippen LogP contribution in [0.5, 0.6) is 5.75 Å². The second kappa shape index (κ2) is 9.56. The summed E-state index contributed by atoms with van der Waals surface area (Å²) in [6.07, 6.45) is -1.69. The van der Waals surface area contributed by atoms with Gasteiger partial charge in [-0.05, 0) is 24.3 Å². The largest absolute Gasteiger partial charge is 0.497 e. The maximum Gasteiger partial charge on any atom is 0.319 e. The lowest BCUT2D eigenvalue weighted by molar-refractivity contribution is -0.181. The van der Waals surface area contributed by atoms with Crippen LogP contribution in [-0.2, 0) is 9.47 Å². The van der Waals surface area contributed by atoms with Gasteiger partial charge in [-0.2, -0.15) is 0 Å². The van der Waals surface area contributed by atoms with Crippen LogP contribution >= 0.6 is 0 Å². The molecule has 3 saturated heterocycles. The first-order chi connectivity index (χ1) is 16.1. The first-order valence-electron chi connectivity index (χ1n) is 11.3. The molecule has 0 saturated carbocycles. The summed E-state index contributed by atoms with van der Waals surface area (Å²) in [5.41, 5.74) is 1.80. The van der Waals surface area contributed by atoms with Gasteiger partial charge in [-0.3, -0.25) is 4.90 Å². The Morgan fingerprint density at radius 3 is 2.64 bits per heavy atom. The van der Waals surface area contributed by atoms with Crippen LogP contribution in [-0.4, -0.2) is 86.5 Å². The molecule has 3 aliphatic heterocycles. The first-order valence-corrected chi connectivity index (χ1v) is 11.3. The summed E-state index contributed by atoms with van der Waals surface area (Å²) in [4.78, 5) is 17.2. The van der Waals surface area contributed by atoms with E-state index in [1.807, 2.05) is 18.2 Å². The van der Waals surface area contributed by atoms with E-state index in [4.69, 9.17) is 14.2 Å². The third kappa shape index (κ3) is 4.63. The number of urea groups is 1. The summed E-state index contributed by atoms with van der Waals surface area (Å²) in [6, 6.07) is 16.1. The van der Waals surface area contributed by atoms with Crippen LogP contribution in [0.15, 0.2) is 54.6 Å². The molecule has 2 amide bonds. The van der Waals surface area contributed by atoms with Crippen molar-refractivity contribution in [1.82, 2.24) is 10.2 Å². The number of rotatable bonds is 5. The molecule has 0 aliphatic carbocycles. The van der Waals surface area contributed by atoms with E-state index in [0.717, 1.165) is 26.2 Å². The van der Waals surface area contributed by atoms with Crippen molar-refractivity contribution in [2.24, 2.45) is 0 Å². The Morgan fingerprint density at radius 2 is 1.88 bits per heavy atom. The van der Waals surface area contributed by atoms with Gasteiger partial charge in [0, 0.05) is 43.6 Å². The smallest absolute Gasteiger partial charge is 0.319 e. The van der Waals surface area contributed by atoms with Crippen molar-refractivity contribution in [3.63, 3.8) is 0 Å². The molecule has 3 fully saturated rings. The minimum Gasteiger partial charge on any atom is -0.497 e. The summed E-state index contributed by atoms with van der Waals surface area (Å²) in [5, 5.41) is 17.0. The molecule has 5 rings (SSSR count). The summed E-state index contributed by atoms with van der Waals surface area (Å²) in [7, 11) is 1.57. The zero-order valence-electron chi connectivity index (χ0n) is 18.6. The van der Waals surface area contributed by atoms with E-state index >= 15 is 0 Å². The van der Waals surface area contributed by atoms with Crippen molar-refractivity contribution in [3.8, 4) is 5.75 Å². The van der Waals surface area contributed by atoms with Gasteiger partial charge in [-0.25, -0.2) is 4.79 Å². The number of aliphatic hydroxyl groups is 1. The predicted octanol–water partition coefficient (Wildman–Crippen LogP) is 1.49. The van der Waals surface area contributed by atoms with Gasteiger partial charge in [0.25, 0.3) is 0 Å². The number of piperazine rings is 1. The maximum atomic E-state index is 12.7. The number of para-hydroxylation sites is 1. The molecule has 2 aromatic rings. The molecule has 0 radical (unpaired) electrons. The second-order valence-electron chi connectivity index (χ2n) is 8.57. The fourth-order valence-corrected chi connectivity index (χ4v) is 4.90. The summed E-state index contributed by atoms with van der Waals surface area (Å²) in [6.45, 7) is 3.57. The summed E-state index contributed by atoms with van der Waals surface area (Å²) in [5.74, 6) is 0.649. The third-order valence-electron chi connectivity index (χ3n) is 6.61. The van der Waals surface area contributed by atoms with E-state index in [1.54, 1.807) is 31.4 Å². The Morgan fingerprint density at radius 1 is 1.09 bits per heavy atom. The highest BCUT2D eigenvalue weighted by Gasteiger charge is 2.52. The highest BCUT2D eigenvalue weighted by Crippen LogP contribution is 2.32. The molecule has 9 nitrogen and oxygen atoms in total. The lowest BCUT2D eigenvalue weighted by Crippen LogP contribution is -2.67. The van der Waals surface area contributed by atoms with Gasteiger partial charge in [0.1, 0.15) is 11.9 Å². The number of carbonyl (C=O) groups is 1. The van der Waals surface area contributed by atoms with Crippen LogP contribution in [0.4, 0.5) is 16.2 Å². The van der Waals surface area contributed by atoms with Gasteiger partial charge < -0.3 is 34.9 Å². The summed E-state index contributed by atoms with van der Waals surface area (Å²) < 4.78 is 17.1. The molecule has 176 valence electrons. The van der Waals surface area contributed by atoms with Gasteiger partial charge in [0.05, 0.1) is 31.9 Å². The average molecular weight is 455 g/mol. The average Bonchev–Trinajstić information content (AvgIpc) is 3.28. The van der Waals surface area contributed by atoms with Crippen LogP contribution in [0.25, 0.3) is 0 Å². The van der Waals surface area contributed by atoms with Crippen molar-refractivity contribution in [1.29, 1.82) is 0 Å². The fourth-order valence-electron chi connectivity index (χ4n) is 4.90. The monoisotopic (exact) mass is 454 g/mol. The van der Waals surface area contributed by atoms with E-state index in [9.17, 15) is 9.90 Å². The Hall–Kier alpha value is -2.85. The number of fused-ring (bicyclic) bond motifs is 2. The Labute approximate surface area is 193 Å². The molecular formula is C24H30N4O5. The number of aliphatic hydroxyl groups excluding tert-OH is 1. The van der Waals surface area contributed by atoms with Crippen LogP contribution < -0.4 is 20.3 Å². The van der Waals surface area contributed by atoms with E-state index < -0.39 is 24.5 Å². The van der Waals surface area contributed by atoms with Crippen molar-refractivity contribution in [2.75, 3.05) is 50.1 Å². The molecule has 0 aromatic heterocycles. The van der Waals surface area contributed by atoms with Crippen LogP contribution in [0.1, 0.15) is 0 Å². The Balaban J connectivity index is 1.22. The van der Waals surface area contributed by atoms with Crippen molar-refractivity contribution in [3.05, 3.63) is 54.6 Å². The molecule has 33 heavy (non-hydrogen) atoms. The molecule has 5 atom stereocenters. The highest BCUT2D eigenvalue weighted by molar-refractivity contribution is 5.89. The van der Waals surface area contributed by atoms with Gasteiger partial charge in [0.2, 0.25) is 0 Å². The zero-order chi connectivity index (χ0) is 22.8. The lowest BCUT2D eigenvalue weighted by Gasteiger charge is -2.47. The molecule has 9 heteroatoms. The molecule has 2 aromatic carbocycles. The number of hydrogen-bond acceptors (Lipinski definition) is 7. The SMILES string of the molecule is COc1cccc(NC(=O)N[C@@H]2[C@H](O)[C@@H](N3CCN(c4ccccc4)CC3)[C@@H]3OC[C@@H]2O3)c1. The third-order valence-corrected chi connectivity index (χ3v) is 6.61. The number of nitrogens with one attached hydrogen (secondary N) is 2. The van der Waals surface area contributed by atoms with Crippen LogP contribution in [0, 0.1) is 0 Å². The Bertz CT molecular complexity index is 953.